The molecule has 0 saturated heterocycles. The number of methoxy groups -OCH3 is 1. The molecule has 5 nitrogen and oxygen atoms in total. The molecule has 1 N–H and O–H groups in total. The van der Waals surface area contributed by atoms with Crippen LogP contribution in [0.3, 0.4) is 0 Å². The molecule has 1 heterocycles. The molecule has 1 rings (SSSR count). The molecule has 2 atom stereocenters. The SMILES string of the molecule is COCC(C)NC(=O)OC1(C)C=CC=NC1. The van der Waals surface area contributed by atoms with Gasteiger partial charge in [0.25, 0.3) is 0 Å². The highest BCUT2D eigenvalue weighted by Gasteiger charge is 2.27. The number of ether oxygens (including phenoxy) is 2. The largest absolute Gasteiger partial charge is 0.437 e. The van der Waals surface area contributed by atoms with Gasteiger partial charge in [0.2, 0.25) is 0 Å². The highest BCUT2D eigenvalue weighted by molar-refractivity contribution is 5.73. The lowest BCUT2D eigenvalue weighted by molar-refractivity contribution is 0.0594. The van der Waals surface area contributed by atoms with Crippen LogP contribution in [0.5, 0.6) is 0 Å². The van der Waals surface area contributed by atoms with E-state index in [9.17, 15) is 4.79 Å². The van der Waals surface area contributed by atoms with Gasteiger partial charge in [0, 0.05) is 13.3 Å². The molecule has 2 unspecified atom stereocenters. The Bertz CT molecular complexity index is 302. The zero-order chi connectivity index (χ0) is 12.0. The first-order chi connectivity index (χ1) is 7.56. The van der Waals surface area contributed by atoms with Crippen molar-refractivity contribution in [1.29, 1.82) is 0 Å². The summed E-state index contributed by atoms with van der Waals surface area (Å²) in [7, 11) is 1.59. The standard InChI is InChI=1S/C11H18N2O3/c1-9(7-15-3)13-10(14)16-11(2)5-4-6-12-8-11/h4-6,9H,7-8H2,1-3H3,(H,13,14). The van der Waals surface area contributed by atoms with Gasteiger partial charge in [-0.2, -0.15) is 0 Å². The Kier molecular flexibility index (Phi) is 4.49. The maximum Gasteiger partial charge on any atom is 0.408 e. The molecule has 0 aromatic carbocycles. The molecule has 0 radical (unpaired) electrons. The molecule has 16 heavy (non-hydrogen) atoms. The van der Waals surface area contributed by atoms with Crippen molar-refractivity contribution in [3.05, 3.63) is 12.2 Å². The fourth-order valence-corrected chi connectivity index (χ4v) is 1.39. The first kappa shape index (κ1) is 12.7. The highest BCUT2D eigenvalue weighted by Crippen LogP contribution is 2.15. The van der Waals surface area contributed by atoms with Crippen molar-refractivity contribution in [2.45, 2.75) is 25.5 Å². The van der Waals surface area contributed by atoms with E-state index >= 15 is 0 Å². The summed E-state index contributed by atoms with van der Waals surface area (Å²) in [5, 5.41) is 2.68. The van der Waals surface area contributed by atoms with Crippen LogP contribution in [0.15, 0.2) is 17.1 Å². The van der Waals surface area contributed by atoms with E-state index in [1.807, 2.05) is 19.9 Å². The van der Waals surface area contributed by atoms with Gasteiger partial charge in [0.15, 0.2) is 0 Å². The summed E-state index contributed by atoms with van der Waals surface area (Å²) in [6.07, 6.45) is 4.83. The van der Waals surface area contributed by atoms with Crippen LogP contribution in [-0.4, -0.2) is 44.2 Å². The molecular formula is C11H18N2O3. The molecule has 0 aliphatic carbocycles. The maximum absolute atomic E-state index is 11.5. The molecule has 5 heteroatoms. The number of allylic oxidation sites excluding steroid dienone is 1. The predicted molar refractivity (Wildman–Crippen MR) is 61.9 cm³/mol. The second-order valence-electron chi connectivity index (χ2n) is 4.05. The minimum Gasteiger partial charge on any atom is -0.437 e. The van der Waals surface area contributed by atoms with Gasteiger partial charge in [-0.1, -0.05) is 0 Å². The van der Waals surface area contributed by atoms with Crippen LogP contribution in [0.25, 0.3) is 0 Å². The van der Waals surface area contributed by atoms with Gasteiger partial charge in [0.05, 0.1) is 19.2 Å². The Morgan fingerprint density at radius 2 is 2.44 bits per heavy atom. The van der Waals surface area contributed by atoms with E-state index in [-0.39, 0.29) is 6.04 Å². The number of hydrogen-bond donors (Lipinski definition) is 1. The number of rotatable bonds is 4. The molecule has 0 aromatic rings. The zero-order valence-electron chi connectivity index (χ0n) is 9.90. The van der Waals surface area contributed by atoms with Crippen molar-refractivity contribution in [3.8, 4) is 0 Å². The van der Waals surface area contributed by atoms with Gasteiger partial charge in [-0.05, 0) is 26.0 Å². The monoisotopic (exact) mass is 226 g/mol. The van der Waals surface area contributed by atoms with E-state index < -0.39 is 11.7 Å². The topological polar surface area (TPSA) is 59.9 Å². The third-order valence-corrected chi connectivity index (χ3v) is 2.15. The van der Waals surface area contributed by atoms with E-state index in [0.29, 0.717) is 13.2 Å². The molecular weight excluding hydrogens is 208 g/mol. The zero-order valence-corrected chi connectivity index (χ0v) is 9.90. The normalized spacial score (nSPS) is 25.2. The van der Waals surface area contributed by atoms with Gasteiger partial charge in [-0.25, -0.2) is 4.79 Å². The number of carbonyl (C=O) groups is 1. The average Bonchev–Trinajstić information content (AvgIpc) is 2.17. The Morgan fingerprint density at radius 1 is 1.69 bits per heavy atom. The van der Waals surface area contributed by atoms with Crippen LogP contribution >= 0.6 is 0 Å². The quantitative estimate of drug-likeness (QED) is 0.782. The number of alkyl carbamates (subject to hydrolysis) is 1. The van der Waals surface area contributed by atoms with E-state index in [0.717, 1.165) is 0 Å². The van der Waals surface area contributed by atoms with Gasteiger partial charge in [-0.3, -0.25) is 4.99 Å². The Morgan fingerprint density at radius 3 is 3.00 bits per heavy atom. The van der Waals surface area contributed by atoms with Gasteiger partial charge in [-0.15, -0.1) is 0 Å². The van der Waals surface area contributed by atoms with Crippen molar-refractivity contribution < 1.29 is 14.3 Å². The van der Waals surface area contributed by atoms with Crippen LogP contribution < -0.4 is 5.32 Å². The van der Waals surface area contributed by atoms with Crippen molar-refractivity contribution in [2.24, 2.45) is 4.99 Å². The minimum absolute atomic E-state index is 0.0721. The molecule has 0 saturated carbocycles. The number of aliphatic imine (C=N–C) groups is 1. The summed E-state index contributed by atoms with van der Waals surface area (Å²) in [6.45, 7) is 4.58. The first-order valence-corrected chi connectivity index (χ1v) is 5.22. The fourth-order valence-electron chi connectivity index (χ4n) is 1.39. The van der Waals surface area contributed by atoms with Crippen LogP contribution in [0.4, 0.5) is 4.79 Å². The smallest absolute Gasteiger partial charge is 0.408 e. The number of hydrogen-bond acceptors (Lipinski definition) is 4. The van der Waals surface area contributed by atoms with Crippen molar-refractivity contribution >= 4 is 12.3 Å². The highest BCUT2D eigenvalue weighted by atomic mass is 16.6. The fraction of sp³-hybridized carbons (Fsp3) is 0.636. The molecule has 1 amide bonds. The summed E-state index contributed by atoms with van der Waals surface area (Å²) >= 11 is 0. The summed E-state index contributed by atoms with van der Waals surface area (Å²) in [6, 6.07) is -0.0721. The Labute approximate surface area is 95.5 Å². The van der Waals surface area contributed by atoms with E-state index in [2.05, 4.69) is 10.3 Å². The van der Waals surface area contributed by atoms with Crippen LogP contribution in [0, 0.1) is 0 Å². The Balaban J connectivity index is 2.39. The van der Waals surface area contributed by atoms with Crippen LogP contribution in [0.2, 0.25) is 0 Å². The van der Waals surface area contributed by atoms with Gasteiger partial charge >= 0.3 is 6.09 Å². The lowest BCUT2D eigenvalue weighted by atomic mass is 10.1. The minimum atomic E-state index is -0.647. The number of nitrogens with zero attached hydrogens (tertiary/aromatic N) is 1. The lowest BCUT2D eigenvalue weighted by Crippen LogP contribution is -2.42. The number of amides is 1. The molecule has 0 aromatic heterocycles. The summed E-state index contributed by atoms with van der Waals surface area (Å²) in [5.41, 5.74) is -0.647. The summed E-state index contributed by atoms with van der Waals surface area (Å²) in [4.78, 5) is 15.6. The third kappa shape index (κ3) is 4.02. The number of nitrogens with one attached hydrogen (secondary N) is 1. The van der Waals surface area contributed by atoms with E-state index in [1.54, 1.807) is 19.4 Å². The molecule has 1 aliphatic rings. The van der Waals surface area contributed by atoms with Crippen molar-refractivity contribution in [2.75, 3.05) is 20.3 Å². The second-order valence-corrected chi connectivity index (χ2v) is 4.05. The van der Waals surface area contributed by atoms with E-state index in [1.165, 1.54) is 0 Å². The second kappa shape index (κ2) is 5.65. The first-order valence-electron chi connectivity index (χ1n) is 5.22. The molecule has 90 valence electrons. The van der Waals surface area contributed by atoms with E-state index in [4.69, 9.17) is 9.47 Å². The summed E-state index contributed by atoms with van der Waals surface area (Å²) < 4.78 is 10.2. The molecule has 1 aliphatic heterocycles. The molecule has 0 spiro atoms. The van der Waals surface area contributed by atoms with Crippen molar-refractivity contribution in [3.63, 3.8) is 0 Å². The summed E-state index contributed by atoms with van der Waals surface area (Å²) in [5.74, 6) is 0. The van der Waals surface area contributed by atoms with Gasteiger partial charge in [0.1, 0.15) is 5.60 Å². The molecule has 0 bridgehead atoms. The third-order valence-electron chi connectivity index (χ3n) is 2.15. The predicted octanol–water partition coefficient (Wildman–Crippen LogP) is 1.15. The average molecular weight is 226 g/mol. The van der Waals surface area contributed by atoms with Crippen LogP contribution in [-0.2, 0) is 9.47 Å². The lowest BCUT2D eigenvalue weighted by Gasteiger charge is -2.26. The Hall–Kier alpha value is -1.36. The van der Waals surface area contributed by atoms with Crippen LogP contribution in [0.1, 0.15) is 13.8 Å². The van der Waals surface area contributed by atoms with Gasteiger partial charge < -0.3 is 14.8 Å². The number of carbonyl (C=O) groups excluding carboxylic acids is 1. The maximum atomic E-state index is 11.5. The van der Waals surface area contributed by atoms with Crippen molar-refractivity contribution in [1.82, 2.24) is 5.32 Å². The number of dihydropyridines is 1. The molecule has 0 fully saturated rings.